The Kier molecular flexibility index (Phi) is 5.68. The van der Waals surface area contributed by atoms with Gasteiger partial charge in [0, 0.05) is 12.6 Å². The van der Waals surface area contributed by atoms with Crippen LogP contribution in [-0.4, -0.2) is 44.3 Å². The molecule has 0 aromatic heterocycles. The molecular weight excluding hydrogens is 252 g/mol. The van der Waals surface area contributed by atoms with Gasteiger partial charge in [-0.25, -0.2) is 0 Å². The molecule has 0 bridgehead atoms. The molecule has 4 heteroatoms. The lowest BCUT2D eigenvalue weighted by molar-refractivity contribution is 0.147. The topological polar surface area (TPSA) is 47.7 Å². The van der Waals surface area contributed by atoms with Crippen LogP contribution >= 0.6 is 0 Å². The van der Waals surface area contributed by atoms with Gasteiger partial charge in [-0.15, -0.1) is 0 Å². The zero-order valence-electron chi connectivity index (χ0n) is 12.5. The molecular formula is C16H26N2O2. The Morgan fingerprint density at radius 3 is 2.35 bits per heavy atom. The number of rotatable bonds is 6. The molecule has 1 saturated heterocycles. The number of nitrogens with two attached hydrogens (primary N) is 1. The molecule has 4 nitrogen and oxygen atoms in total. The van der Waals surface area contributed by atoms with E-state index in [2.05, 4.69) is 11.8 Å². The predicted octanol–water partition coefficient (Wildman–Crippen LogP) is 2.13. The zero-order valence-corrected chi connectivity index (χ0v) is 12.5. The Labute approximate surface area is 121 Å². The minimum Gasteiger partial charge on any atom is -0.497 e. The highest BCUT2D eigenvalue weighted by Crippen LogP contribution is 2.20. The average molecular weight is 278 g/mol. The summed E-state index contributed by atoms with van der Waals surface area (Å²) in [5.41, 5.74) is 5.96. The van der Waals surface area contributed by atoms with Crippen molar-refractivity contribution in [2.75, 3.05) is 33.4 Å². The van der Waals surface area contributed by atoms with Crippen LogP contribution in [-0.2, 0) is 0 Å². The number of nitrogens with zero attached hydrogens (tertiary/aromatic N) is 1. The highest BCUT2D eigenvalue weighted by Gasteiger charge is 2.21. The van der Waals surface area contributed by atoms with E-state index >= 15 is 0 Å². The minimum absolute atomic E-state index is 0.327. The summed E-state index contributed by atoms with van der Waals surface area (Å²) in [5.74, 6) is 2.44. The first-order valence-electron chi connectivity index (χ1n) is 7.44. The van der Waals surface area contributed by atoms with E-state index in [1.165, 1.54) is 12.8 Å². The van der Waals surface area contributed by atoms with E-state index < -0.39 is 0 Å². The normalized spacial score (nSPS) is 18.8. The first kappa shape index (κ1) is 15.1. The second kappa shape index (κ2) is 7.50. The van der Waals surface area contributed by atoms with Crippen molar-refractivity contribution in [1.82, 2.24) is 4.90 Å². The van der Waals surface area contributed by atoms with Crippen LogP contribution in [0.25, 0.3) is 0 Å². The van der Waals surface area contributed by atoms with E-state index in [-0.39, 0.29) is 0 Å². The van der Waals surface area contributed by atoms with Gasteiger partial charge in [-0.1, -0.05) is 0 Å². The van der Waals surface area contributed by atoms with Gasteiger partial charge in [-0.05, 0) is 63.0 Å². The second-order valence-electron chi connectivity index (χ2n) is 5.56. The van der Waals surface area contributed by atoms with Crippen LogP contribution in [0.2, 0.25) is 0 Å². The van der Waals surface area contributed by atoms with Crippen molar-refractivity contribution in [3.05, 3.63) is 24.3 Å². The third-order valence-electron chi connectivity index (χ3n) is 4.11. The maximum Gasteiger partial charge on any atom is 0.119 e. The van der Waals surface area contributed by atoms with Crippen LogP contribution in [0.5, 0.6) is 11.5 Å². The fraction of sp³-hybridized carbons (Fsp3) is 0.625. The Morgan fingerprint density at radius 2 is 1.80 bits per heavy atom. The van der Waals surface area contributed by atoms with E-state index in [0.717, 1.165) is 37.7 Å². The van der Waals surface area contributed by atoms with Crippen molar-refractivity contribution in [3.8, 4) is 11.5 Å². The van der Waals surface area contributed by atoms with Gasteiger partial charge >= 0.3 is 0 Å². The first-order chi connectivity index (χ1) is 9.69. The summed E-state index contributed by atoms with van der Waals surface area (Å²) in [6, 6.07) is 8.06. The van der Waals surface area contributed by atoms with E-state index in [1.54, 1.807) is 7.11 Å². The number of methoxy groups -OCH3 is 1. The number of likely N-dealkylation sites (tertiary alicyclic amines) is 1. The monoisotopic (exact) mass is 278 g/mol. The molecule has 20 heavy (non-hydrogen) atoms. The molecule has 2 N–H and O–H groups in total. The Morgan fingerprint density at radius 1 is 1.20 bits per heavy atom. The smallest absolute Gasteiger partial charge is 0.119 e. The van der Waals surface area contributed by atoms with Gasteiger partial charge in [0.25, 0.3) is 0 Å². The molecule has 1 heterocycles. The molecule has 1 aromatic carbocycles. The summed E-state index contributed by atoms with van der Waals surface area (Å²) < 4.78 is 10.9. The third kappa shape index (κ3) is 4.39. The van der Waals surface area contributed by atoms with Crippen molar-refractivity contribution in [3.63, 3.8) is 0 Å². The fourth-order valence-electron chi connectivity index (χ4n) is 2.67. The molecule has 1 aliphatic heterocycles. The standard InChI is InChI=1S/C16H26N2O2/c1-13(17)14-7-9-18(10-8-14)11-12-20-16-5-3-15(19-2)4-6-16/h3-6,13-14H,7-12,17H2,1-2H3. The predicted molar refractivity (Wildman–Crippen MR) is 81.3 cm³/mol. The zero-order chi connectivity index (χ0) is 14.4. The maximum atomic E-state index is 5.96. The summed E-state index contributed by atoms with van der Waals surface area (Å²) in [7, 11) is 1.67. The highest BCUT2D eigenvalue weighted by atomic mass is 16.5. The van der Waals surface area contributed by atoms with E-state index in [9.17, 15) is 0 Å². The molecule has 2 rings (SSSR count). The Hall–Kier alpha value is -1.26. The lowest BCUT2D eigenvalue weighted by atomic mass is 9.91. The Bertz CT molecular complexity index is 384. The van der Waals surface area contributed by atoms with E-state index in [4.69, 9.17) is 15.2 Å². The number of piperidine rings is 1. The molecule has 1 aromatic rings. The molecule has 112 valence electrons. The van der Waals surface area contributed by atoms with Crippen LogP contribution < -0.4 is 15.2 Å². The van der Waals surface area contributed by atoms with Gasteiger partial charge in [0.05, 0.1) is 7.11 Å². The minimum atomic E-state index is 0.327. The third-order valence-corrected chi connectivity index (χ3v) is 4.11. The van der Waals surface area contributed by atoms with Gasteiger partial charge in [-0.2, -0.15) is 0 Å². The average Bonchev–Trinajstić information content (AvgIpc) is 2.48. The molecule has 0 amide bonds. The summed E-state index contributed by atoms with van der Waals surface area (Å²) in [6.07, 6.45) is 2.42. The van der Waals surface area contributed by atoms with Crippen molar-refractivity contribution in [2.45, 2.75) is 25.8 Å². The summed E-state index contributed by atoms with van der Waals surface area (Å²) in [5, 5.41) is 0. The molecule has 1 fully saturated rings. The van der Waals surface area contributed by atoms with Crippen LogP contribution in [0.3, 0.4) is 0 Å². The molecule has 0 radical (unpaired) electrons. The van der Waals surface area contributed by atoms with Crippen molar-refractivity contribution in [1.29, 1.82) is 0 Å². The summed E-state index contributed by atoms with van der Waals surface area (Å²) in [6.45, 7) is 6.11. The molecule has 0 saturated carbocycles. The molecule has 1 unspecified atom stereocenters. The van der Waals surface area contributed by atoms with Crippen LogP contribution in [0.4, 0.5) is 0 Å². The van der Waals surface area contributed by atoms with Crippen LogP contribution in [0, 0.1) is 5.92 Å². The molecule has 0 spiro atoms. The molecule has 1 aliphatic rings. The highest BCUT2D eigenvalue weighted by molar-refractivity contribution is 5.31. The van der Waals surface area contributed by atoms with E-state index in [1.807, 2.05) is 24.3 Å². The lowest BCUT2D eigenvalue weighted by Crippen LogP contribution is -2.41. The largest absolute Gasteiger partial charge is 0.497 e. The second-order valence-corrected chi connectivity index (χ2v) is 5.56. The van der Waals surface area contributed by atoms with E-state index in [0.29, 0.717) is 12.0 Å². The number of benzene rings is 1. The van der Waals surface area contributed by atoms with Crippen molar-refractivity contribution >= 4 is 0 Å². The van der Waals surface area contributed by atoms with Gasteiger partial charge in [-0.3, -0.25) is 4.90 Å². The van der Waals surface area contributed by atoms with Gasteiger partial charge in [0.15, 0.2) is 0 Å². The number of hydrogen-bond donors (Lipinski definition) is 1. The van der Waals surface area contributed by atoms with Crippen molar-refractivity contribution in [2.24, 2.45) is 11.7 Å². The van der Waals surface area contributed by atoms with Crippen molar-refractivity contribution < 1.29 is 9.47 Å². The van der Waals surface area contributed by atoms with Gasteiger partial charge in [0.1, 0.15) is 18.1 Å². The van der Waals surface area contributed by atoms with Gasteiger partial charge in [0.2, 0.25) is 0 Å². The number of ether oxygens (including phenoxy) is 2. The summed E-state index contributed by atoms with van der Waals surface area (Å²) in [4.78, 5) is 2.46. The van der Waals surface area contributed by atoms with Gasteiger partial charge < -0.3 is 15.2 Å². The SMILES string of the molecule is COc1ccc(OCCN2CCC(C(C)N)CC2)cc1. The maximum absolute atomic E-state index is 5.96. The number of hydrogen-bond acceptors (Lipinski definition) is 4. The van der Waals surface area contributed by atoms with Crippen LogP contribution in [0.1, 0.15) is 19.8 Å². The fourth-order valence-corrected chi connectivity index (χ4v) is 2.67. The first-order valence-corrected chi connectivity index (χ1v) is 7.44. The Balaban J connectivity index is 1.66. The molecule has 0 aliphatic carbocycles. The summed E-state index contributed by atoms with van der Waals surface area (Å²) >= 11 is 0. The molecule has 1 atom stereocenters. The van der Waals surface area contributed by atoms with Crippen LogP contribution in [0.15, 0.2) is 24.3 Å². The quantitative estimate of drug-likeness (QED) is 0.866. The lowest BCUT2D eigenvalue weighted by Gasteiger charge is -2.33.